The molecule has 1 aliphatic heterocycles. The third kappa shape index (κ3) is 6.15. The lowest BCUT2D eigenvalue weighted by atomic mass is 9.76. The molecule has 0 aromatic heterocycles. The van der Waals surface area contributed by atoms with Gasteiger partial charge in [0.25, 0.3) is 0 Å². The summed E-state index contributed by atoms with van der Waals surface area (Å²) in [5.74, 6) is -1.09. The van der Waals surface area contributed by atoms with E-state index in [0.29, 0.717) is 32.2 Å². The first-order valence-corrected chi connectivity index (χ1v) is 15.0. The molecule has 2 N–H and O–H groups in total. The number of carbonyl (C=O) groups is 3. The van der Waals surface area contributed by atoms with Gasteiger partial charge in [-0.1, -0.05) is 73.3 Å². The van der Waals surface area contributed by atoms with E-state index in [1.54, 1.807) is 4.90 Å². The summed E-state index contributed by atoms with van der Waals surface area (Å²) in [5, 5.41) is 6.57. The van der Waals surface area contributed by atoms with Crippen LogP contribution < -0.4 is 10.6 Å². The van der Waals surface area contributed by atoms with E-state index in [1.165, 1.54) is 12.1 Å². The number of carbonyl (C=O) groups excluding carboxylic acids is 3. The normalized spacial score (nSPS) is 24.8. The third-order valence-electron chi connectivity index (χ3n) is 9.09. The summed E-state index contributed by atoms with van der Waals surface area (Å²) in [6.07, 6.45) is 5.89. The number of rotatable bonds is 8. The zero-order chi connectivity index (χ0) is 28.4. The van der Waals surface area contributed by atoms with Crippen molar-refractivity contribution < 1.29 is 18.8 Å². The van der Waals surface area contributed by atoms with E-state index in [9.17, 15) is 14.4 Å². The number of amides is 3. The van der Waals surface area contributed by atoms with Gasteiger partial charge in [-0.15, -0.1) is 0 Å². The predicted octanol–water partition coefficient (Wildman–Crippen LogP) is 6.17. The first-order chi connectivity index (χ1) is 19.1. The maximum absolute atomic E-state index is 15.1. The molecule has 9 heteroatoms. The first-order valence-electron chi connectivity index (χ1n) is 14.2. The SMILES string of the molecule is CC1([C@H](NC(=O)[C@H]2CC[C@@H](NC(=O)CN3C[C@H](c4ccccc4)CC3=O)C2)c2c(F)ccc(Cl)c2Cl)CCCC1. The average molecular weight is 589 g/mol. The van der Waals surface area contributed by atoms with E-state index in [4.69, 9.17) is 23.2 Å². The highest BCUT2D eigenvalue weighted by Crippen LogP contribution is 2.50. The van der Waals surface area contributed by atoms with Crippen LogP contribution in [-0.2, 0) is 14.4 Å². The van der Waals surface area contributed by atoms with Crippen molar-refractivity contribution in [2.45, 2.75) is 76.3 Å². The Bertz CT molecular complexity index is 1270. The molecule has 3 fully saturated rings. The second-order valence-corrected chi connectivity index (χ2v) is 12.7. The summed E-state index contributed by atoms with van der Waals surface area (Å²) >= 11 is 12.7. The quantitative estimate of drug-likeness (QED) is 0.362. The summed E-state index contributed by atoms with van der Waals surface area (Å²) in [6, 6.07) is 11.9. The van der Waals surface area contributed by atoms with Crippen LogP contribution in [0.25, 0.3) is 0 Å². The van der Waals surface area contributed by atoms with Crippen molar-refractivity contribution in [2.75, 3.05) is 13.1 Å². The number of nitrogens with one attached hydrogen (secondary N) is 2. The molecule has 5 rings (SSSR count). The molecule has 0 spiro atoms. The van der Waals surface area contributed by atoms with E-state index in [0.717, 1.165) is 31.2 Å². The first kappa shape index (κ1) is 28.9. The van der Waals surface area contributed by atoms with Gasteiger partial charge in [0, 0.05) is 36.4 Å². The fourth-order valence-corrected chi connectivity index (χ4v) is 7.23. The fourth-order valence-electron chi connectivity index (χ4n) is 6.80. The largest absolute Gasteiger partial charge is 0.352 e. The maximum Gasteiger partial charge on any atom is 0.239 e. The predicted molar refractivity (Wildman–Crippen MR) is 154 cm³/mol. The van der Waals surface area contributed by atoms with E-state index in [-0.39, 0.29) is 63.2 Å². The lowest BCUT2D eigenvalue weighted by Crippen LogP contribution is -2.43. The zero-order valence-corrected chi connectivity index (χ0v) is 24.2. The molecule has 2 aliphatic carbocycles. The Morgan fingerprint density at radius 3 is 2.55 bits per heavy atom. The number of halogens is 3. The molecule has 0 bridgehead atoms. The third-order valence-corrected chi connectivity index (χ3v) is 9.90. The minimum atomic E-state index is -0.596. The second-order valence-electron chi connectivity index (χ2n) is 11.9. The van der Waals surface area contributed by atoms with E-state index in [2.05, 4.69) is 17.6 Å². The van der Waals surface area contributed by atoms with Crippen LogP contribution in [0.1, 0.15) is 81.4 Å². The average Bonchev–Trinajstić information content (AvgIpc) is 3.67. The van der Waals surface area contributed by atoms with E-state index >= 15 is 4.39 Å². The molecule has 2 aromatic rings. The van der Waals surface area contributed by atoms with Crippen LogP contribution in [0.2, 0.25) is 10.0 Å². The van der Waals surface area contributed by atoms with Crippen LogP contribution in [0.15, 0.2) is 42.5 Å². The van der Waals surface area contributed by atoms with Crippen LogP contribution in [0.4, 0.5) is 4.39 Å². The Balaban J connectivity index is 1.18. The standard InChI is InChI=1S/C31H36Cl2FN3O3/c1-31(13-5-6-14-31)29(27-24(34)12-11-23(32)28(27)33)36-30(40)20-9-10-22(15-20)35-25(38)18-37-17-21(16-26(37)39)19-7-3-2-4-8-19/h2-4,7-8,11-12,20-22,29H,5-6,9-10,13-18H2,1H3,(H,35,38)(H,36,40)/t20-,21+,22+,29+/m0/s1. The van der Waals surface area contributed by atoms with Crippen LogP contribution in [-0.4, -0.2) is 41.8 Å². The lowest BCUT2D eigenvalue weighted by molar-refractivity contribution is -0.133. The number of likely N-dealkylation sites (tertiary alicyclic amines) is 1. The summed E-state index contributed by atoms with van der Waals surface area (Å²) in [4.78, 5) is 40.5. The molecular weight excluding hydrogens is 552 g/mol. The smallest absolute Gasteiger partial charge is 0.239 e. The Hall–Kier alpha value is -2.64. The monoisotopic (exact) mass is 587 g/mol. The minimum absolute atomic E-state index is 0.0164. The summed E-state index contributed by atoms with van der Waals surface area (Å²) in [7, 11) is 0. The van der Waals surface area contributed by atoms with Gasteiger partial charge < -0.3 is 15.5 Å². The van der Waals surface area contributed by atoms with Crippen LogP contribution in [0, 0.1) is 17.2 Å². The van der Waals surface area contributed by atoms with Gasteiger partial charge in [0.05, 0.1) is 22.6 Å². The number of hydrogen-bond acceptors (Lipinski definition) is 3. The molecule has 3 amide bonds. The van der Waals surface area contributed by atoms with Crippen molar-refractivity contribution in [2.24, 2.45) is 11.3 Å². The molecule has 0 radical (unpaired) electrons. The number of hydrogen-bond donors (Lipinski definition) is 2. The molecule has 40 heavy (non-hydrogen) atoms. The Morgan fingerprint density at radius 1 is 1.10 bits per heavy atom. The van der Waals surface area contributed by atoms with Gasteiger partial charge in [-0.05, 0) is 55.2 Å². The Morgan fingerprint density at radius 2 is 1.82 bits per heavy atom. The van der Waals surface area contributed by atoms with Crippen molar-refractivity contribution in [1.29, 1.82) is 0 Å². The molecule has 1 saturated heterocycles. The highest BCUT2D eigenvalue weighted by atomic mass is 35.5. The highest BCUT2D eigenvalue weighted by molar-refractivity contribution is 6.42. The highest BCUT2D eigenvalue weighted by Gasteiger charge is 2.43. The van der Waals surface area contributed by atoms with Crippen molar-refractivity contribution in [3.63, 3.8) is 0 Å². The van der Waals surface area contributed by atoms with E-state index < -0.39 is 11.9 Å². The molecule has 6 nitrogen and oxygen atoms in total. The Labute approximate surface area is 245 Å². The van der Waals surface area contributed by atoms with Gasteiger partial charge in [0.15, 0.2) is 0 Å². The number of nitrogens with zero attached hydrogens (tertiary/aromatic N) is 1. The van der Waals surface area contributed by atoms with Gasteiger partial charge in [0.2, 0.25) is 17.7 Å². The van der Waals surface area contributed by atoms with Crippen molar-refractivity contribution in [3.8, 4) is 0 Å². The molecule has 0 unspecified atom stereocenters. The van der Waals surface area contributed by atoms with Gasteiger partial charge in [-0.25, -0.2) is 4.39 Å². The lowest BCUT2D eigenvalue weighted by Gasteiger charge is -2.36. The molecule has 4 atom stereocenters. The van der Waals surface area contributed by atoms with Crippen LogP contribution in [0.5, 0.6) is 0 Å². The van der Waals surface area contributed by atoms with Crippen molar-refractivity contribution in [3.05, 3.63) is 69.5 Å². The summed E-state index contributed by atoms with van der Waals surface area (Å²) < 4.78 is 15.1. The van der Waals surface area contributed by atoms with Crippen LogP contribution >= 0.6 is 23.2 Å². The second kappa shape index (κ2) is 12.1. The summed E-state index contributed by atoms with van der Waals surface area (Å²) in [5.41, 5.74) is 1.02. The van der Waals surface area contributed by atoms with Gasteiger partial charge in [0.1, 0.15) is 5.82 Å². The van der Waals surface area contributed by atoms with Crippen molar-refractivity contribution >= 4 is 40.9 Å². The minimum Gasteiger partial charge on any atom is -0.352 e. The molecule has 3 aliphatic rings. The molecular formula is C31H36Cl2FN3O3. The molecule has 214 valence electrons. The topological polar surface area (TPSA) is 78.5 Å². The molecule has 1 heterocycles. The molecule has 2 aromatic carbocycles. The van der Waals surface area contributed by atoms with Gasteiger partial charge >= 0.3 is 0 Å². The van der Waals surface area contributed by atoms with Gasteiger partial charge in [-0.3, -0.25) is 14.4 Å². The van der Waals surface area contributed by atoms with Gasteiger partial charge in [-0.2, -0.15) is 0 Å². The Kier molecular flexibility index (Phi) is 8.72. The number of benzene rings is 2. The fraction of sp³-hybridized carbons (Fsp3) is 0.516. The van der Waals surface area contributed by atoms with Crippen LogP contribution in [0.3, 0.4) is 0 Å². The maximum atomic E-state index is 15.1. The summed E-state index contributed by atoms with van der Waals surface area (Å²) in [6.45, 7) is 2.61. The zero-order valence-electron chi connectivity index (χ0n) is 22.7. The molecule has 2 saturated carbocycles. The van der Waals surface area contributed by atoms with Crippen molar-refractivity contribution in [1.82, 2.24) is 15.5 Å². The van der Waals surface area contributed by atoms with E-state index in [1.807, 2.05) is 30.3 Å².